The molecule has 2 N–H and O–H groups in total. The number of hydrogen-bond acceptors (Lipinski definition) is 2. The Morgan fingerprint density at radius 3 is 1.95 bits per heavy atom. The number of hydrogen-bond donors (Lipinski definition) is 2. The number of nitrogens with one attached hydrogen (secondary N) is 2. The highest BCUT2D eigenvalue weighted by Gasteiger charge is 2.19. The zero-order chi connectivity index (χ0) is 14.3. The average Bonchev–Trinajstić information content (AvgIpc) is 3.02. The fourth-order valence-corrected chi connectivity index (χ4v) is 3.12. The molecule has 1 aliphatic rings. The summed E-state index contributed by atoms with van der Waals surface area (Å²) in [6.07, 6.45) is 3.42. The Kier molecular flexibility index (Phi) is 5.03. The van der Waals surface area contributed by atoms with Gasteiger partial charge in [-0.3, -0.25) is 0 Å². The summed E-state index contributed by atoms with van der Waals surface area (Å²) in [6.45, 7) is 2.24. The Balaban J connectivity index is 1.67. The van der Waals surface area contributed by atoms with E-state index in [-0.39, 0.29) is 0 Å². The van der Waals surface area contributed by atoms with E-state index in [0.717, 1.165) is 25.9 Å². The van der Waals surface area contributed by atoms with Crippen LogP contribution in [-0.4, -0.2) is 25.2 Å². The average molecular weight is 280 g/mol. The molecule has 2 nitrogen and oxygen atoms in total. The molecule has 0 spiro atoms. The van der Waals surface area contributed by atoms with Gasteiger partial charge in [0.05, 0.1) is 0 Å². The molecule has 1 atom stereocenters. The van der Waals surface area contributed by atoms with Crippen LogP contribution in [-0.2, 0) is 12.8 Å². The third-order valence-corrected chi connectivity index (χ3v) is 4.18. The van der Waals surface area contributed by atoms with Crippen LogP contribution in [0.25, 0.3) is 0 Å². The van der Waals surface area contributed by atoms with E-state index in [1.807, 2.05) is 0 Å². The van der Waals surface area contributed by atoms with Crippen LogP contribution in [0.1, 0.15) is 17.5 Å². The minimum atomic E-state index is 0.500. The molecule has 0 radical (unpaired) electrons. The molecule has 0 bridgehead atoms. The molecule has 2 aromatic carbocycles. The van der Waals surface area contributed by atoms with Crippen molar-refractivity contribution in [3.8, 4) is 0 Å². The second-order valence-corrected chi connectivity index (χ2v) is 5.93. The third kappa shape index (κ3) is 4.42. The molecule has 0 amide bonds. The summed E-state index contributed by atoms with van der Waals surface area (Å²) in [7, 11) is 0. The summed E-state index contributed by atoms with van der Waals surface area (Å²) < 4.78 is 0. The fourth-order valence-electron chi connectivity index (χ4n) is 3.12. The van der Waals surface area contributed by atoms with Crippen molar-refractivity contribution in [1.82, 2.24) is 10.6 Å². The zero-order valence-electron chi connectivity index (χ0n) is 12.5. The largest absolute Gasteiger partial charge is 0.315 e. The van der Waals surface area contributed by atoms with E-state index >= 15 is 0 Å². The van der Waals surface area contributed by atoms with E-state index < -0.39 is 0 Å². The van der Waals surface area contributed by atoms with Gasteiger partial charge < -0.3 is 10.6 Å². The van der Waals surface area contributed by atoms with Crippen LogP contribution in [0.15, 0.2) is 60.7 Å². The maximum atomic E-state index is 3.85. The van der Waals surface area contributed by atoms with Gasteiger partial charge in [0, 0.05) is 18.6 Å². The summed E-state index contributed by atoms with van der Waals surface area (Å²) in [5.74, 6) is 0. The third-order valence-electron chi connectivity index (χ3n) is 4.18. The predicted octanol–water partition coefficient (Wildman–Crippen LogP) is 2.79. The molecular formula is C19H24N2. The van der Waals surface area contributed by atoms with Gasteiger partial charge in [-0.05, 0) is 36.9 Å². The summed E-state index contributed by atoms with van der Waals surface area (Å²) in [4.78, 5) is 0. The van der Waals surface area contributed by atoms with Gasteiger partial charge >= 0.3 is 0 Å². The second kappa shape index (κ2) is 7.39. The highest BCUT2D eigenvalue weighted by atomic mass is 15.0. The van der Waals surface area contributed by atoms with E-state index in [1.54, 1.807) is 0 Å². The van der Waals surface area contributed by atoms with Crippen molar-refractivity contribution in [2.75, 3.05) is 13.1 Å². The van der Waals surface area contributed by atoms with Gasteiger partial charge in [0.15, 0.2) is 0 Å². The van der Waals surface area contributed by atoms with E-state index in [2.05, 4.69) is 71.3 Å². The van der Waals surface area contributed by atoms with Crippen LogP contribution < -0.4 is 10.6 Å². The van der Waals surface area contributed by atoms with Gasteiger partial charge in [0.25, 0.3) is 0 Å². The van der Waals surface area contributed by atoms with Gasteiger partial charge in [-0.1, -0.05) is 60.7 Å². The number of benzene rings is 2. The Labute approximate surface area is 127 Å². The lowest BCUT2D eigenvalue weighted by molar-refractivity contribution is 0.437. The van der Waals surface area contributed by atoms with Crippen molar-refractivity contribution in [3.05, 3.63) is 71.8 Å². The smallest absolute Gasteiger partial charge is 0.0207 e. The summed E-state index contributed by atoms with van der Waals surface area (Å²) in [5, 5.41) is 7.29. The first-order chi connectivity index (χ1) is 10.4. The summed E-state index contributed by atoms with van der Waals surface area (Å²) in [6, 6.07) is 22.7. The summed E-state index contributed by atoms with van der Waals surface area (Å²) in [5.41, 5.74) is 2.83. The van der Waals surface area contributed by atoms with Crippen molar-refractivity contribution < 1.29 is 0 Å². The Hall–Kier alpha value is -1.64. The van der Waals surface area contributed by atoms with Crippen LogP contribution in [0, 0.1) is 0 Å². The molecular weight excluding hydrogens is 256 g/mol. The Morgan fingerprint density at radius 1 is 0.905 bits per heavy atom. The van der Waals surface area contributed by atoms with Crippen LogP contribution >= 0.6 is 0 Å². The van der Waals surface area contributed by atoms with Crippen molar-refractivity contribution in [1.29, 1.82) is 0 Å². The van der Waals surface area contributed by atoms with Crippen LogP contribution in [0.4, 0.5) is 0 Å². The lowest BCUT2D eigenvalue weighted by Crippen LogP contribution is -2.42. The standard InChI is InChI=1S/C19H24N2/c1-3-7-16(8-4-1)13-19(21-18-11-12-20-15-18)14-17-9-5-2-6-10-17/h1-10,18-21H,11-15H2. The monoisotopic (exact) mass is 280 g/mol. The Bertz CT molecular complexity index is 476. The van der Waals surface area contributed by atoms with Crippen molar-refractivity contribution >= 4 is 0 Å². The second-order valence-electron chi connectivity index (χ2n) is 5.93. The lowest BCUT2D eigenvalue weighted by atomic mass is 9.98. The van der Waals surface area contributed by atoms with Gasteiger partial charge in [-0.2, -0.15) is 0 Å². The summed E-state index contributed by atoms with van der Waals surface area (Å²) >= 11 is 0. The first-order valence-electron chi connectivity index (χ1n) is 7.95. The molecule has 1 fully saturated rings. The molecule has 21 heavy (non-hydrogen) atoms. The predicted molar refractivity (Wildman–Crippen MR) is 88.5 cm³/mol. The molecule has 1 unspecified atom stereocenters. The quantitative estimate of drug-likeness (QED) is 0.850. The van der Waals surface area contributed by atoms with Gasteiger partial charge in [-0.15, -0.1) is 0 Å². The molecule has 1 saturated heterocycles. The first kappa shape index (κ1) is 14.3. The topological polar surface area (TPSA) is 24.1 Å². The highest BCUT2D eigenvalue weighted by Crippen LogP contribution is 2.11. The van der Waals surface area contributed by atoms with Crippen molar-refractivity contribution in [3.63, 3.8) is 0 Å². The minimum absolute atomic E-state index is 0.500. The Morgan fingerprint density at radius 2 is 1.48 bits per heavy atom. The first-order valence-corrected chi connectivity index (χ1v) is 7.95. The van der Waals surface area contributed by atoms with Crippen LogP contribution in [0.5, 0.6) is 0 Å². The molecule has 3 rings (SSSR count). The van der Waals surface area contributed by atoms with Gasteiger partial charge in [0.2, 0.25) is 0 Å². The molecule has 0 aliphatic carbocycles. The molecule has 110 valence electrons. The maximum Gasteiger partial charge on any atom is 0.0207 e. The molecule has 2 aromatic rings. The lowest BCUT2D eigenvalue weighted by Gasteiger charge is -2.23. The molecule has 1 aliphatic heterocycles. The van der Waals surface area contributed by atoms with E-state index in [9.17, 15) is 0 Å². The fraction of sp³-hybridized carbons (Fsp3) is 0.368. The molecule has 2 heteroatoms. The van der Waals surface area contributed by atoms with E-state index in [1.165, 1.54) is 17.5 Å². The maximum absolute atomic E-state index is 3.85. The van der Waals surface area contributed by atoms with Gasteiger partial charge in [-0.25, -0.2) is 0 Å². The van der Waals surface area contributed by atoms with Gasteiger partial charge in [0.1, 0.15) is 0 Å². The van der Waals surface area contributed by atoms with E-state index in [4.69, 9.17) is 0 Å². The van der Waals surface area contributed by atoms with Crippen molar-refractivity contribution in [2.24, 2.45) is 0 Å². The van der Waals surface area contributed by atoms with Crippen LogP contribution in [0.3, 0.4) is 0 Å². The highest BCUT2D eigenvalue weighted by molar-refractivity contribution is 5.19. The van der Waals surface area contributed by atoms with Crippen molar-refractivity contribution in [2.45, 2.75) is 31.3 Å². The SMILES string of the molecule is c1ccc(CC(Cc2ccccc2)NC2CCNC2)cc1. The van der Waals surface area contributed by atoms with Crippen LogP contribution in [0.2, 0.25) is 0 Å². The van der Waals surface area contributed by atoms with E-state index in [0.29, 0.717) is 12.1 Å². The minimum Gasteiger partial charge on any atom is -0.315 e. The molecule has 1 heterocycles. The zero-order valence-corrected chi connectivity index (χ0v) is 12.5. The molecule has 0 aromatic heterocycles. The number of rotatable bonds is 6. The molecule has 0 saturated carbocycles. The normalized spacial score (nSPS) is 18.2.